The van der Waals surface area contributed by atoms with Gasteiger partial charge in [0.1, 0.15) is 5.82 Å². The number of hydrogen-bond donors (Lipinski definition) is 0. The zero-order chi connectivity index (χ0) is 18.1. The first-order valence-corrected chi connectivity index (χ1v) is 9.09. The first-order chi connectivity index (χ1) is 12.7. The lowest BCUT2D eigenvalue weighted by molar-refractivity contribution is 0.628. The van der Waals surface area contributed by atoms with Crippen LogP contribution in [0.15, 0.2) is 72.8 Å². The highest BCUT2D eigenvalue weighted by Gasteiger charge is 2.15. The summed E-state index contributed by atoms with van der Waals surface area (Å²) < 4.78 is 15.8. The van der Waals surface area contributed by atoms with Crippen LogP contribution in [0.5, 0.6) is 0 Å². The van der Waals surface area contributed by atoms with E-state index in [0.29, 0.717) is 0 Å². The Hall–Kier alpha value is -2.87. The highest BCUT2D eigenvalue weighted by molar-refractivity contribution is 5.91. The fourth-order valence-electron chi connectivity index (χ4n) is 3.68. The van der Waals surface area contributed by atoms with E-state index in [9.17, 15) is 4.39 Å². The largest absolute Gasteiger partial charge is 0.336 e. The van der Waals surface area contributed by atoms with Crippen LogP contribution in [0, 0.1) is 12.7 Å². The molecule has 0 bridgehead atoms. The van der Waals surface area contributed by atoms with Gasteiger partial charge in [-0.2, -0.15) is 0 Å². The highest BCUT2D eigenvalue weighted by atomic mass is 19.1. The van der Waals surface area contributed by atoms with Crippen molar-refractivity contribution in [2.24, 2.45) is 0 Å². The van der Waals surface area contributed by atoms with Crippen molar-refractivity contribution in [1.82, 2.24) is 4.57 Å². The minimum absolute atomic E-state index is 0.204. The first kappa shape index (κ1) is 16.6. The van der Waals surface area contributed by atoms with Gasteiger partial charge in [-0.05, 0) is 65.9 Å². The molecule has 0 saturated heterocycles. The van der Waals surface area contributed by atoms with Crippen molar-refractivity contribution in [3.05, 3.63) is 95.3 Å². The molecule has 2 heteroatoms. The number of fused-ring (bicyclic) bond motifs is 1. The van der Waals surface area contributed by atoms with Crippen molar-refractivity contribution in [3.8, 4) is 11.3 Å². The molecule has 0 spiro atoms. The zero-order valence-electron chi connectivity index (χ0n) is 15.2. The number of benzene rings is 3. The topological polar surface area (TPSA) is 4.93 Å². The summed E-state index contributed by atoms with van der Waals surface area (Å²) in [4.78, 5) is 0. The normalized spacial score (nSPS) is 11.2. The van der Waals surface area contributed by atoms with Crippen molar-refractivity contribution < 1.29 is 4.39 Å². The fraction of sp³-hybridized carbons (Fsp3) is 0.167. The van der Waals surface area contributed by atoms with Crippen molar-refractivity contribution in [3.63, 3.8) is 0 Å². The summed E-state index contributed by atoms with van der Waals surface area (Å²) in [6.45, 7) is 5.12. The number of rotatable bonds is 4. The van der Waals surface area contributed by atoms with Gasteiger partial charge in [0, 0.05) is 17.4 Å². The molecule has 0 N–H and O–H groups in total. The van der Waals surface area contributed by atoms with Crippen LogP contribution < -0.4 is 0 Å². The fourth-order valence-corrected chi connectivity index (χ4v) is 3.68. The Morgan fingerprint density at radius 2 is 1.46 bits per heavy atom. The molecule has 0 unspecified atom stereocenters. The van der Waals surface area contributed by atoms with Crippen LogP contribution in [0.25, 0.3) is 22.2 Å². The number of aromatic nitrogens is 1. The standard InChI is InChI=1S/C24H22FN/c1-3-18-8-10-19(11-9-18)16-26-23-7-5-4-6-22(23)17(2)24(26)20-12-14-21(25)15-13-20/h4-15H,3,16H2,1-2H3. The molecule has 1 nitrogen and oxygen atoms in total. The summed E-state index contributed by atoms with van der Waals surface area (Å²) in [5, 5.41) is 1.25. The average Bonchev–Trinajstić information content (AvgIpc) is 2.95. The van der Waals surface area contributed by atoms with E-state index < -0.39 is 0 Å². The predicted molar refractivity (Wildman–Crippen MR) is 107 cm³/mol. The predicted octanol–water partition coefficient (Wildman–Crippen LogP) is 6.37. The number of para-hydroxylation sites is 1. The number of aryl methyl sites for hydroxylation is 2. The second-order valence-corrected chi connectivity index (χ2v) is 6.75. The van der Waals surface area contributed by atoms with Gasteiger partial charge in [0.05, 0.1) is 5.69 Å². The second-order valence-electron chi connectivity index (χ2n) is 6.75. The third-order valence-corrected chi connectivity index (χ3v) is 5.11. The Kier molecular flexibility index (Phi) is 4.34. The van der Waals surface area contributed by atoms with Crippen LogP contribution in [-0.4, -0.2) is 4.57 Å². The first-order valence-electron chi connectivity index (χ1n) is 9.09. The molecule has 0 radical (unpaired) electrons. The van der Waals surface area contributed by atoms with Gasteiger partial charge in [-0.25, -0.2) is 4.39 Å². The Balaban J connectivity index is 1.88. The lowest BCUT2D eigenvalue weighted by atomic mass is 10.1. The molecule has 0 atom stereocenters. The van der Waals surface area contributed by atoms with Crippen LogP contribution in [0.1, 0.15) is 23.6 Å². The SMILES string of the molecule is CCc1ccc(Cn2c(-c3ccc(F)cc3)c(C)c3ccccc32)cc1. The summed E-state index contributed by atoms with van der Waals surface area (Å²) in [7, 11) is 0. The summed E-state index contributed by atoms with van der Waals surface area (Å²) >= 11 is 0. The summed E-state index contributed by atoms with van der Waals surface area (Å²) in [6.07, 6.45) is 1.05. The van der Waals surface area contributed by atoms with Gasteiger partial charge in [0.2, 0.25) is 0 Å². The lowest BCUT2D eigenvalue weighted by Crippen LogP contribution is -2.02. The Bertz CT molecular complexity index is 1040. The van der Waals surface area contributed by atoms with Crippen molar-refractivity contribution >= 4 is 10.9 Å². The molecule has 4 aromatic rings. The maximum Gasteiger partial charge on any atom is 0.123 e. The van der Waals surface area contributed by atoms with Crippen molar-refractivity contribution in [2.75, 3.05) is 0 Å². The molecule has 0 aliphatic heterocycles. The average molecular weight is 343 g/mol. The molecule has 26 heavy (non-hydrogen) atoms. The van der Waals surface area contributed by atoms with E-state index in [4.69, 9.17) is 0 Å². The van der Waals surface area contributed by atoms with Gasteiger partial charge in [-0.1, -0.05) is 49.4 Å². The Morgan fingerprint density at radius 3 is 2.15 bits per heavy atom. The van der Waals surface area contributed by atoms with Crippen LogP contribution in [-0.2, 0) is 13.0 Å². The van der Waals surface area contributed by atoms with E-state index in [1.54, 1.807) is 0 Å². The summed E-state index contributed by atoms with van der Waals surface area (Å²) in [5.41, 5.74) is 7.27. The Labute approximate surface area is 153 Å². The van der Waals surface area contributed by atoms with Gasteiger partial charge in [0.15, 0.2) is 0 Å². The maximum atomic E-state index is 13.4. The van der Waals surface area contributed by atoms with E-state index in [0.717, 1.165) is 24.2 Å². The molecule has 4 rings (SSSR count). The van der Waals surface area contributed by atoms with E-state index in [1.807, 2.05) is 12.1 Å². The van der Waals surface area contributed by atoms with Crippen molar-refractivity contribution in [1.29, 1.82) is 0 Å². The van der Waals surface area contributed by atoms with E-state index in [-0.39, 0.29) is 5.82 Å². The monoisotopic (exact) mass is 343 g/mol. The number of nitrogens with zero attached hydrogens (tertiary/aromatic N) is 1. The molecular formula is C24H22FN. The van der Waals surface area contributed by atoms with Crippen molar-refractivity contribution in [2.45, 2.75) is 26.8 Å². The van der Waals surface area contributed by atoms with E-state index >= 15 is 0 Å². The molecule has 0 saturated carbocycles. The molecule has 0 fully saturated rings. The van der Waals surface area contributed by atoms with Gasteiger partial charge >= 0.3 is 0 Å². The molecule has 0 aliphatic carbocycles. The molecule has 130 valence electrons. The third-order valence-electron chi connectivity index (χ3n) is 5.11. The second kappa shape index (κ2) is 6.80. The number of hydrogen-bond acceptors (Lipinski definition) is 0. The molecule has 3 aromatic carbocycles. The van der Waals surface area contributed by atoms with Gasteiger partial charge < -0.3 is 4.57 Å². The molecule has 1 aromatic heterocycles. The van der Waals surface area contributed by atoms with Gasteiger partial charge in [0.25, 0.3) is 0 Å². The van der Waals surface area contributed by atoms with Crippen LogP contribution in [0.4, 0.5) is 4.39 Å². The minimum Gasteiger partial charge on any atom is -0.336 e. The quantitative estimate of drug-likeness (QED) is 0.406. The number of halogens is 1. The van der Waals surface area contributed by atoms with E-state index in [1.165, 1.54) is 39.7 Å². The minimum atomic E-state index is -0.204. The molecule has 1 heterocycles. The van der Waals surface area contributed by atoms with E-state index in [2.05, 4.69) is 66.9 Å². The summed E-state index contributed by atoms with van der Waals surface area (Å²) in [5.74, 6) is -0.204. The third kappa shape index (κ3) is 2.92. The summed E-state index contributed by atoms with van der Waals surface area (Å²) in [6, 6.07) is 24.1. The lowest BCUT2D eigenvalue weighted by Gasteiger charge is -2.13. The molecule has 0 amide bonds. The van der Waals surface area contributed by atoms with Crippen LogP contribution in [0.3, 0.4) is 0 Å². The molecular weight excluding hydrogens is 321 g/mol. The Morgan fingerprint density at radius 1 is 0.808 bits per heavy atom. The van der Waals surface area contributed by atoms with Gasteiger partial charge in [-0.3, -0.25) is 0 Å². The van der Waals surface area contributed by atoms with Crippen LogP contribution >= 0.6 is 0 Å². The highest BCUT2D eigenvalue weighted by Crippen LogP contribution is 2.34. The maximum absolute atomic E-state index is 13.4. The smallest absolute Gasteiger partial charge is 0.123 e. The molecule has 0 aliphatic rings. The van der Waals surface area contributed by atoms with Gasteiger partial charge in [-0.15, -0.1) is 0 Å². The van der Waals surface area contributed by atoms with Crippen LogP contribution in [0.2, 0.25) is 0 Å². The zero-order valence-corrected chi connectivity index (χ0v) is 15.2.